The molecule has 138 valence electrons. The van der Waals surface area contributed by atoms with Crippen LogP contribution in [0.25, 0.3) is 5.57 Å². The maximum absolute atomic E-state index is 12.9. The highest BCUT2D eigenvalue weighted by Gasteiger charge is 2.38. The number of nitrogens with one attached hydrogen (secondary N) is 1. The van der Waals surface area contributed by atoms with Crippen LogP contribution >= 0.6 is 0 Å². The second kappa shape index (κ2) is 7.15. The average molecular weight is 364 g/mol. The molecule has 4 rings (SSSR count). The van der Waals surface area contributed by atoms with Crippen molar-refractivity contribution in [1.82, 2.24) is 4.90 Å². The lowest BCUT2D eigenvalue weighted by molar-refractivity contribution is -0.136. The van der Waals surface area contributed by atoms with Crippen LogP contribution in [-0.4, -0.2) is 36.5 Å². The van der Waals surface area contributed by atoms with E-state index in [4.69, 9.17) is 9.47 Å². The number of carbonyl (C=O) groups is 2. The molecule has 27 heavy (non-hydrogen) atoms. The van der Waals surface area contributed by atoms with Gasteiger partial charge in [-0.3, -0.25) is 14.5 Å². The van der Waals surface area contributed by atoms with E-state index in [9.17, 15) is 9.59 Å². The third-order valence-electron chi connectivity index (χ3n) is 4.49. The van der Waals surface area contributed by atoms with E-state index in [2.05, 4.69) is 5.32 Å². The van der Waals surface area contributed by atoms with E-state index in [1.54, 1.807) is 12.1 Å². The van der Waals surface area contributed by atoms with Gasteiger partial charge in [-0.2, -0.15) is 0 Å². The van der Waals surface area contributed by atoms with Gasteiger partial charge in [-0.05, 0) is 24.1 Å². The molecule has 6 heteroatoms. The maximum atomic E-state index is 12.9. The fourth-order valence-electron chi connectivity index (χ4n) is 3.26. The van der Waals surface area contributed by atoms with Crippen molar-refractivity contribution >= 4 is 23.1 Å². The van der Waals surface area contributed by atoms with Crippen molar-refractivity contribution in [1.29, 1.82) is 0 Å². The Morgan fingerprint density at radius 1 is 0.963 bits per heavy atom. The molecule has 2 heterocycles. The van der Waals surface area contributed by atoms with Crippen LogP contribution in [-0.2, 0) is 9.59 Å². The summed E-state index contributed by atoms with van der Waals surface area (Å²) in [4.78, 5) is 27.1. The number of anilines is 1. The summed E-state index contributed by atoms with van der Waals surface area (Å²) < 4.78 is 11.1. The van der Waals surface area contributed by atoms with Crippen LogP contribution in [0.15, 0.2) is 54.2 Å². The summed E-state index contributed by atoms with van der Waals surface area (Å²) >= 11 is 0. The third-order valence-corrected chi connectivity index (χ3v) is 4.49. The molecule has 2 aliphatic rings. The van der Waals surface area contributed by atoms with Crippen molar-refractivity contribution in [3.63, 3.8) is 0 Å². The van der Waals surface area contributed by atoms with E-state index in [-0.39, 0.29) is 17.5 Å². The van der Waals surface area contributed by atoms with Gasteiger partial charge in [-0.25, -0.2) is 0 Å². The first-order valence-electron chi connectivity index (χ1n) is 9.01. The minimum absolute atomic E-state index is 0.270. The smallest absolute Gasteiger partial charge is 0.278 e. The van der Waals surface area contributed by atoms with Gasteiger partial charge in [0, 0.05) is 18.3 Å². The van der Waals surface area contributed by atoms with Gasteiger partial charge in [-0.15, -0.1) is 0 Å². The first-order valence-corrected chi connectivity index (χ1v) is 9.01. The number of benzene rings is 2. The van der Waals surface area contributed by atoms with Gasteiger partial charge in [-0.1, -0.05) is 37.3 Å². The molecule has 0 saturated heterocycles. The monoisotopic (exact) mass is 364 g/mol. The topological polar surface area (TPSA) is 67.9 Å². The fourth-order valence-corrected chi connectivity index (χ4v) is 3.26. The van der Waals surface area contributed by atoms with E-state index >= 15 is 0 Å². The number of hydrogen-bond acceptors (Lipinski definition) is 5. The number of ether oxygens (including phenoxy) is 2. The second-order valence-corrected chi connectivity index (χ2v) is 6.36. The Morgan fingerprint density at radius 2 is 1.70 bits per heavy atom. The van der Waals surface area contributed by atoms with Crippen LogP contribution < -0.4 is 14.8 Å². The van der Waals surface area contributed by atoms with Gasteiger partial charge < -0.3 is 14.8 Å². The Bertz CT molecular complexity index is 921. The molecule has 2 aliphatic heterocycles. The predicted molar refractivity (Wildman–Crippen MR) is 101 cm³/mol. The normalized spacial score (nSPS) is 16.1. The van der Waals surface area contributed by atoms with Gasteiger partial charge in [0.2, 0.25) is 0 Å². The van der Waals surface area contributed by atoms with Gasteiger partial charge >= 0.3 is 0 Å². The van der Waals surface area contributed by atoms with Crippen molar-refractivity contribution in [3.8, 4) is 11.5 Å². The molecule has 0 radical (unpaired) electrons. The van der Waals surface area contributed by atoms with Gasteiger partial charge in [0.05, 0.1) is 5.57 Å². The number of fused-ring (bicyclic) bond motifs is 1. The zero-order valence-corrected chi connectivity index (χ0v) is 15.0. The minimum Gasteiger partial charge on any atom is -0.486 e. The van der Waals surface area contributed by atoms with Gasteiger partial charge in [0.25, 0.3) is 11.8 Å². The summed E-state index contributed by atoms with van der Waals surface area (Å²) in [5, 5.41) is 3.14. The Balaban J connectivity index is 1.73. The highest BCUT2D eigenvalue weighted by atomic mass is 16.6. The highest BCUT2D eigenvalue weighted by molar-refractivity contribution is 6.36. The molecular weight excluding hydrogens is 344 g/mol. The van der Waals surface area contributed by atoms with Crippen LogP contribution in [0.3, 0.4) is 0 Å². The van der Waals surface area contributed by atoms with E-state index < -0.39 is 0 Å². The zero-order chi connectivity index (χ0) is 18.8. The molecule has 0 aliphatic carbocycles. The van der Waals surface area contributed by atoms with Crippen molar-refractivity contribution < 1.29 is 19.1 Å². The second-order valence-electron chi connectivity index (χ2n) is 6.36. The Morgan fingerprint density at radius 3 is 2.44 bits per heavy atom. The molecule has 0 atom stereocenters. The number of amides is 2. The lowest BCUT2D eigenvalue weighted by Crippen LogP contribution is -2.33. The zero-order valence-electron chi connectivity index (χ0n) is 15.0. The highest BCUT2D eigenvalue weighted by Crippen LogP contribution is 2.35. The predicted octanol–water partition coefficient (Wildman–Crippen LogP) is 3.06. The first-order chi connectivity index (χ1) is 13.2. The van der Waals surface area contributed by atoms with E-state index in [0.29, 0.717) is 48.9 Å². The minimum atomic E-state index is -0.310. The molecule has 0 spiro atoms. The standard InChI is InChI=1S/C21H20N2O4/c1-2-10-23-20(24)18(14-6-4-3-5-7-14)19(21(23)25)22-15-8-9-16-17(13-15)27-12-11-26-16/h3-9,13,22H,2,10-12H2,1H3. The van der Waals surface area contributed by atoms with Crippen molar-refractivity contribution in [3.05, 3.63) is 59.8 Å². The molecule has 2 amide bonds. The van der Waals surface area contributed by atoms with Crippen LogP contribution in [0.5, 0.6) is 11.5 Å². The van der Waals surface area contributed by atoms with Crippen LogP contribution in [0, 0.1) is 0 Å². The van der Waals surface area contributed by atoms with Crippen LogP contribution in [0.4, 0.5) is 5.69 Å². The van der Waals surface area contributed by atoms with Gasteiger partial charge in [0.1, 0.15) is 18.9 Å². The number of rotatable bonds is 5. The lowest BCUT2D eigenvalue weighted by atomic mass is 10.0. The molecule has 1 N–H and O–H groups in total. The summed E-state index contributed by atoms with van der Waals surface area (Å²) in [5.41, 5.74) is 2.07. The number of carbonyl (C=O) groups excluding carboxylic acids is 2. The number of hydrogen-bond donors (Lipinski definition) is 1. The third kappa shape index (κ3) is 3.14. The Labute approximate surface area is 157 Å². The van der Waals surface area contributed by atoms with Crippen molar-refractivity contribution in [2.24, 2.45) is 0 Å². The van der Waals surface area contributed by atoms with Crippen LogP contribution in [0.1, 0.15) is 18.9 Å². The molecule has 0 aromatic heterocycles. The molecule has 0 fully saturated rings. The maximum Gasteiger partial charge on any atom is 0.278 e. The quantitative estimate of drug-likeness (QED) is 0.826. The summed E-state index contributed by atoms with van der Waals surface area (Å²) in [6.45, 7) is 3.33. The van der Waals surface area contributed by atoms with E-state index in [0.717, 1.165) is 5.56 Å². The Hall–Kier alpha value is -3.28. The molecule has 2 aromatic rings. The summed E-state index contributed by atoms with van der Waals surface area (Å²) in [5.74, 6) is 0.712. The van der Waals surface area contributed by atoms with Gasteiger partial charge in [0.15, 0.2) is 11.5 Å². The SMILES string of the molecule is CCCN1C(=O)C(Nc2ccc3c(c2)OCCO3)=C(c2ccccc2)C1=O. The summed E-state index contributed by atoms with van der Waals surface area (Å²) in [7, 11) is 0. The number of imide groups is 1. The molecular formula is C21H20N2O4. The summed E-state index contributed by atoms with van der Waals surface area (Å²) in [6, 6.07) is 14.6. The summed E-state index contributed by atoms with van der Waals surface area (Å²) in [6.07, 6.45) is 0.705. The van der Waals surface area contributed by atoms with E-state index in [1.165, 1.54) is 4.90 Å². The first kappa shape index (κ1) is 17.1. The fraction of sp³-hybridized carbons (Fsp3) is 0.238. The molecule has 0 unspecified atom stereocenters. The van der Waals surface area contributed by atoms with Crippen molar-refractivity contribution in [2.45, 2.75) is 13.3 Å². The molecule has 6 nitrogen and oxygen atoms in total. The van der Waals surface area contributed by atoms with Crippen LogP contribution in [0.2, 0.25) is 0 Å². The Kier molecular flexibility index (Phi) is 4.54. The largest absolute Gasteiger partial charge is 0.486 e. The van der Waals surface area contributed by atoms with Crippen molar-refractivity contribution in [2.75, 3.05) is 25.1 Å². The molecule has 2 aromatic carbocycles. The molecule has 0 saturated carbocycles. The van der Waals surface area contributed by atoms with E-state index in [1.807, 2.05) is 43.3 Å². The lowest BCUT2D eigenvalue weighted by Gasteiger charge is -2.19. The number of nitrogens with zero attached hydrogens (tertiary/aromatic N) is 1. The average Bonchev–Trinajstić information content (AvgIpc) is 2.93. The molecule has 0 bridgehead atoms.